The molecule has 1 aromatic rings. The van der Waals surface area contributed by atoms with Crippen LogP contribution in [-0.2, 0) is 19.5 Å². The van der Waals surface area contributed by atoms with Crippen molar-refractivity contribution < 1.29 is 4.57 Å². The lowest BCUT2D eigenvalue weighted by atomic mass is 10.0. The third-order valence-electron chi connectivity index (χ3n) is 10.6. The van der Waals surface area contributed by atoms with Gasteiger partial charge in [0, 0.05) is 6.42 Å². The van der Waals surface area contributed by atoms with Crippen LogP contribution in [0.5, 0.6) is 0 Å². The van der Waals surface area contributed by atoms with Gasteiger partial charge in [0.05, 0.1) is 13.1 Å². The SMILES string of the molecule is CCCCCCCCCCCCCCCCCCc1n(CCCCCCC)cc[n+]1CCCCCCCCCCCCCCCC. The van der Waals surface area contributed by atoms with Gasteiger partial charge < -0.3 is 0 Å². The summed E-state index contributed by atoms with van der Waals surface area (Å²) in [4.78, 5) is 0. The van der Waals surface area contributed by atoms with Gasteiger partial charge in [-0.1, -0.05) is 213 Å². The Bertz CT molecular complexity index is 707. The van der Waals surface area contributed by atoms with Gasteiger partial charge in [0.25, 0.3) is 5.82 Å². The van der Waals surface area contributed by atoms with Crippen LogP contribution in [-0.4, -0.2) is 4.57 Å². The van der Waals surface area contributed by atoms with E-state index >= 15 is 0 Å². The normalized spacial score (nSPS) is 11.6. The summed E-state index contributed by atoms with van der Waals surface area (Å²) in [7, 11) is 0. The van der Waals surface area contributed by atoms with E-state index in [0.717, 1.165) is 0 Å². The molecule has 0 aliphatic rings. The van der Waals surface area contributed by atoms with Gasteiger partial charge in [-0.15, -0.1) is 0 Å². The van der Waals surface area contributed by atoms with E-state index in [1.807, 2.05) is 0 Å². The smallest absolute Gasteiger partial charge is 0.234 e. The summed E-state index contributed by atoms with van der Waals surface area (Å²) in [6, 6.07) is 0. The van der Waals surface area contributed by atoms with Gasteiger partial charge in [0.15, 0.2) is 0 Å². The molecule has 0 aromatic carbocycles. The maximum absolute atomic E-state index is 2.64. The van der Waals surface area contributed by atoms with E-state index in [4.69, 9.17) is 0 Å². The highest BCUT2D eigenvalue weighted by atomic mass is 15.1. The van der Waals surface area contributed by atoms with Crippen molar-refractivity contribution in [3.05, 3.63) is 18.2 Å². The van der Waals surface area contributed by atoms with Gasteiger partial charge in [-0.25, -0.2) is 9.13 Å². The van der Waals surface area contributed by atoms with E-state index < -0.39 is 0 Å². The minimum atomic E-state index is 1.23. The van der Waals surface area contributed by atoms with Crippen molar-refractivity contribution in [1.29, 1.82) is 0 Å². The zero-order chi connectivity index (χ0) is 33.0. The number of unbranched alkanes of at least 4 members (excludes halogenated alkanes) is 32. The van der Waals surface area contributed by atoms with Crippen molar-refractivity contribution in [3.8, 4) is 0 Å². The predicted octanol–water partition coefficient (Wildman–Crippen LogP) is 15.0. The van der Waals surface area contributed by atoms with Crippen LogP contribution < -0.4 is 4.57 Å². The van der Waals surface area contributed by atoms with Crippen LogP contribution in [0.15, 0.2) is 12.4 Å². The number of hydrogen-bond acceptors (Lipinski definition) is 0. The van der Waals surface area contributed by atoms with E-state index in [0.29, 0.717) is 0 Å². The average molecular weight is 644 g/mol. The van der Waals surface area contributed by atoms with Gasteiger partial charge in [0.2, 0.25) is 0 Å². The first-order valence-corrected chi connectivity index (χ1v) is 21.9. The number of rotatable bonds is 38. The summed E-state index contributed by atoms with van der Waals surface area (Å²) in [6.07, 6.45) is 56.4. The Morgan fingerprint density at radius 3 is 1.04 bits per heavy atom. The first-order valence-electron chi connectivity index (χ1n) is 21.9. The zero-order valence-corrected chi connectivity index (χ0v) is 32.4. The Balaban J connectivity index is 2.17. The molecule has 0 saturated heterocycles. The number of aromatic nitrogens is 2. The van der Waals surface area contributed by atoms with Crippen molar-refractivity contribution in [1.82, 2.24) is 4.57 Å². The third-order valence-corrected chi connectivity index (χ3v) is 10.6. The number of aryl methyl sites for hydroxylation is 2. The standard InChI is InChI=1S/C44H87N2/c1-4-7-10-13-15-17-19-21-23-24-25-27-29-31-33-36-39-44-45(40-37-34-12-9-6-3)42-43-46(44)41-38-35-32-30-28-26-22-20-18-16-14-11-8-5-2/h42-43H,4-41H2,1-3H3/q+1. The Kier molecular flexibility index (Phi) is 33.4. The van der Waals surface area contributed by atoms with Gasteiger partial charge >= 0.3 is 0 Å². The molecule has 0 bridgehead atoms. The van der Waals surface area contributed by atoms with Gasteiger partial charge in [-0.05, 0) is 32.1 Å². The minimum Gasteiger partial charge on any atom is -0.234 e. The second-order valence-electron chi connectivity index (χ2n) is 15.2. The molecule has 0 aliphatic carbocycles. The molecule has 2 heteroatoms. The fraction of sp³-hybridized carbons (Fsp3) is 0.932. The lowest BCUT2D eigenvalue weighted by Gasteiger charge is -2.07. The first-order chi connectivity index (χ1) is 22.8. The molecule has 0 saturated carbocycles. The van der Waals surface area contributed by atoms with Crippen LogP contribution in [0.4, 0.5) is 0 Å². The molecule has 0 spiro atoms. The molecule has 0 amide bonds. The summed E-state index contributed by atoms with van der Waals surface area (Å²) in [6.45, 7) is 9.40. The predicted molar refractivity (Wildman–Crippen MR) is 207 cm³/mol. The fourth-order valence-corrected chi connectivity index (χ4v) is 7.39. The average Bonchev–Trinajstić information content (AvgIpc) is 3.45. The van der Waals surface area contributed by atoms with E-state index in [1.165, 1.54) is 244 Å². The lowest BCUT2D eigenvalue weighted by Crippen LogP contribution is -2.37. The molecular weight excluding hydrogens is 556 g/mol. The second kappa shape index (κ2) is 35.5. The number of imidazole rings is 1. The molecule has 0 unspecified atom stereocenters. The van der Waals surface area contributed by atoms with Crippen LogP contribution in [0.2, 0.25) is 0 Å². The second-order valence-corrected chi connectivity index (χ2v) is 15.2. The zero-order valence-electron chi connectivity index (χ0n) is 32.4. The topological polar surface area (TPSA) is 8.81 Å². The van der Waals surface area contributed by atoms with E-state index in [1.54, 1.807) is 5.82 Å². The third kappa shape index (κ3) is 27.2. The van der Waals surface area contributed by atoms with Gasteiger partial charge in [-0.3, -0.25) is 0 Å². The lowest BCUT2D eigenvalue weighted by molar-refractivity contribution is -0.704. The summed E-state index contributed by atoms with van der Waals surface area (Å²) < 4.78 is 5.26. The first kappa shape index (κ1) is 43.2. The summed E-state index contributed by atoms with van der Waals surface area (Å²) in [5.74, 6) is 1.62. The number of hydrogen-bond donors (Lipinski definition) is 0. The molecule has 0 fully saturated rings. The Morgan fingerprint density at radius 2 is 0.674 bits per heavy atom. The van der Waals surface area contributed by atoms with Crippen molar-refractivity contribution in [2.75, 3.05) is 0 Å². The van der Waals surface area contributed by atoms with Crippen LogP contribution >= 0.6 is 0 Å². The van der Waals surface area contributed by atoms with Crippen LogP contribution in [0, 0.1) is 0 Å². The van der Waals surface area contributed by atoms with Crippen molar-refractivity contribution in [3.63, 3.8) is 0 Å². The number of nitrogens with zero attached hydrogens (tertiary/aromatic N) is 2. The summed E-state index contributed by atoms with van der Waals surface area (Å²) >= 11 is 0. The molecule has 0 atom stereocenters. The highest BCUT2D eigenvalue weighted by molar-refractivity contribution is 4.84. The molecule has 0 radical (unpaired) electrons. The fourth-order valence-electron chi connectivity index (χ4n) is 7.39. The molecular formula is C44H87N2+. The minimum absolute atomic E-state index is 1.23. The van der Waals surface area contributed by atoms with Gasteiger partial charge in [-0.2, -0.15) is 0 Å². The highest BCUT2D eigenvalue weighted by Crippen LogP contribution is 2.16. The molecule has 1 aromatic heterocycles. The Morgan fingerprint density at radius 1 is 0.370 bits per heavy atom. The quantitative estimate of drug-likeness (QED) is 0.0501. The van der Waals surface area contributed by atoms with Crippen LogP contribution in [0.3, 0.4) is 0 Å². The van der Waals surface area contributed by atoms with Crippen LogP contribution in [0.25, 0.3) is 0 Å². The van der Waals surface area contributed by atoms with E-state index in [9.17, 15) is 0 Å². The summed E-state index contributed by atoms with van der Waals surface area (Å²) in [5, 5.41) is 0. The summed E-state index contributed by atoms with van der Waals surface area (Å²) in [5.41, 5.74) is 0. The van der Waals surface area contributed by atoms with Crippen molar-refractivity contribution >= 4 is 0 Å². The largest absolute Gasteiger partial charge is 0.256 e. The molecule has 272 valence electrons. The van der Waals surface area contributed by atoms with Crippen molar-refractivity contribution in [2.45, 2.75) is 265 Å². The molecule has 46 heavy (non-hydrogen) atoms. The van der Waals surface area contributed by atoms with Gasteiger partial charge in [0.1, 0.15) is 12.4 Å². The molecule has 0 aliphatic heterocycles. The molecule has 2 nitrogen and oxygen atoms in total. The monoisotopic (exact) mass is 644 g/mol. The van der Waals surface area contributed by atoms with E-state index in [-0.39, 0.29) is 0 Å². The maximum Gasteiger partial charge on any atom is 0.256 e. The van der Waals surface area contributed by atoms with Crippen LogP contribution in [0.1, 0.15) is 251 Å². The molecule has 0 N–H and O–H groups in total. The maximum atomic E-state index is 2.64. The highest BCUT2D eigenvalue weighted by Gasteiger charge is 2.16. The Labute approximate surface area is 291 Å². The Hall–Kier alpha value is -0.790. The molecule has 1 rings (SSSR count). The van der Waals surface area contributed by atoms with E-state index in [2.05, 4.69) is 42.3 Å². The molecule has 1 heterocycles. The van der Waals surface area contributed by atoms with Crippen molar-refractivity contribution in [2.24, 2.45) is 0 Å².